The lowest BCUT2D eigenvalue weighted by molar-refractivity contribution is 0.612. The molecule has 0 bridgehead atoms. The summed E-state index contributed by atoms with van der Waals surface area (Å²) >= 11 is 0. The summed E-state index contributed by atoms with van der Waals surface area (Å²) in [5.74, 6) is 0.753. The normalized spacial score (nSPS) is 12.9. The van der Waals surface area contributed by atoms with Crippen LogP contribution >= 0.6 is 0 Å². The van der Waals surface area contributed by atoms with Crippen LogP contribution in [-0.4, -0.2) is 37.8 Å². The molecule has 0 saturated carbocycles. The Kier molecular flexibility index (Phi) is 3.25. The van der Waals surface area contributed by atoms with Gasteiger partial charge in [0.25, 0.3) is 0 Å². The first-order valence-electron chi connectivity index (χ1n) is 5.34. The van der Waals surface area contributed by atoms with Gasteiger partial charge in [0, 0.05) is 12.6 Å². The Hall–Kier alpha value is -1.76. The van der Waals surface area contributed by atoms with Crippen LogP contribution < -0.4 is 11.1 Å². The third kappa shape index (κ3) is 2.43. The van der Waals surface area contributed by atoms with Crippen LogP contribution in [-0.2, 0) is 0 Å². The van der Waals surface area contributed by atoms with E-state index in [9.17, 15) is 0 Å². The molecular formula is C9H15N7. The number of aromatic nitrogens is 5. The standard InChI is InChI=1S/C9H15N7/c1-2-7(10)5-6-11-8-3-4-9-12-14-15-16(9)13-8/h3-4,7H,2,5-6,10H2,1H3,(H,11,13). The van der Waals surface area contributed by atoms with E-state index in [1.807, 2.05) is 12.1 Å². The summed E-state index contributed by atoms with van der Waals surface area (Å²) in [5.41, 5.74) is 6.45. The lowest BCUT2D eigenvalue weighted by Gasteiger charge is -2.09. The van der Waals surface area contributed by atoms with Gasteiger partial charge in [-0.25, -0.2) is 0 Å². The summed E-state index contributed by atoms with van der Waals surface area (Å²) in [6.45, 7) is 2.88. The van der Waals surface area contributed by atoms with Gasteiger partial charge >= 0.3 is 0 Å². The lowest BCUT2D eigenvalue weighted by Crippen LogP contribution is -2.22. The van der Waals surface area contributed by atoms with Crippen molar-refractivity contribution in [2.45, 2.75) is 25.8 Å². The second kappa shape index (κ2) is 4.84. The van der Waals surface area contributed by atoms with E-state index in [-0.39, 0.29) is 6.04 Å². The number of rotatable bonds is 5. The molecule has 16 heavy (non-hydrogen) atoms. The molecule has 2 aromatic rings. The molecule has 0 amide bonds. The summed E-state index contributed by atoms with van der Waals surface area (Å²) < 4.78 is 1.39. The van der Waals surface area contributed by atoms with Gasteiger partial charge in [0.1, 0.15) is 5.82 Å². The van der Waals surface area contributed by atoms with Crippen LogP contribution in [0.1, 0.15) is 19.8 Å². The number of anilines is 1. The highest BCUT2D eigenvalue weighted by molar-refractivity contribution is 5.41. The monoisotopic (exact) mass is 221 g/mol. The van der Waals surface area contributed by atoms with E-state index in [0.29, 0.717) is 5.65 Å². The topological polar surface area (TPSA) is 94.0 Å². The molecule has 7 heteroatoms. The maximum absolute atomic E-state index is 5.81. The minimum Gasteiger partial charge on any atom is -0.369 e. The molecule has 2 aromatic heterocycles. The second-order valence-corrected chi connectivity index (χ2v) is 3.63. The predicted molar refractivity (Wildman–Crippen MR) is 60.0 cm³/mol. The van der Waals surface area contributed by atoms with Gasteiger partial charge in [-0.2, -0.15) is 0 Å². The first-order chi connectivity index (χ1) is 7.79. The SMILES string of the molecule is CCC(N)CCNc1ccc2nnnn2n1. The average molecular weight is 221 g/mol. The molecular weight excluding hydrogens is 206 g/mol. The van der Waals surface area contributed by atoms with E-state index in [1.165, 1.54) is 4.63 Å². The molecule has 7 nitrogen and oxygen atoms in total. The second-order valence-electron chi connectivity index (χ2n) is 3.63. The number of fused-ring (bicyclic) bond motifs is 1. The van der Waals surface area contributed by atoms with Gasteiger partial charge < -0.3 is 11.1 Å². The fourth-order valence-corrected chi connectivity index (χ4v) is 1.33. The van der Waals surface area contributed by atoms with Gasteiger partial charge in [-0.15, -0.1) is 14.8 Å². The Morgan fingerprint density at radius 3 is 3.19 bits per heavy atom. The molecule has 3 N–H and O–H groups in total. The minimum absolute atomic E-state index is 0.240. The Morgan fingerprint density at radius 1 is 1.50 bits per heavy atom. The summed E-state index contributed by atoms with van der Waals surface area (Å²) in [5, 5.41) is 18.4. The largest absolute Gasteiger partial charge is 0.369 e. The number of hydrogen-bond acceptors (Lipinski definition) is 6. The highest BCUT2D eigenvalue weighted by Crippen LogP contribution is 2.03. The van der Waals surface area contributed by atoms with E-state index < -0.39 is 0 Å². The first kappa shape index (κ1) is 10.7. The molecule has 1 unspecified atom stereocenters. The molecule has 0 aliphatic carbocycles. The fraction of sp³-hybridized carbons (Fsp3) is 0.556. The van der Waals surface area contributed by atoms with E-state index in [2.05, 4.69) is 32.9 Å². The fourth-order valence-electron chi connectivity index (χ4n) is 1.33. The average Bonchev–Trinajstić information content (AvgIpc) is 2.76. The van der Waals surface area contributed by atoms with Crippen LogP contribution in [0.3, 0.4) is 0 Å². The quantitative estimate of drug-likeness (QED) is 0.741. The van der Waals surface area contributed by atoms with Gasteiger partial charge in [0.05, 0.1) is 0 Å². The zero-order valence-electron chi connectivity index (χ0n) is 9.17. The molecule has 1 atom stereocenters. The van der Waals surface area contributed by atoms with Crippen LogP contribution in [0.25, 0.3) is 5.65 Å². The van der Waals surface area contributed by atoms with Crippen LogP contribution in [0.5, 0.6) is 0 Å². The number of nitrogens with zero attached hydrogens (tertiary/aromatic N) is 5. The number of nitrogens with two attached hydrogens (primary N) is 1. The molecule has 0 saturated heterocycles. The molecule has 86 valence electrons. The molecule has 0 aliphatic heterocycles. The first-order valence-corrected chi connectivity index (χ1v) is 5.34. The van der Waals surface area contributed by atoms with Crippen LogP contribution in [0.2, 0.25) is 0 Å². The highest BCUT2D eigenvalue weighted by atomic mass is 15.6. The number of hydrogen-bond donors (Lipinski definition) is 2. The van der Waals surface area contributed by atoms with Crippen molar-refractivity contribution in [3.05, 3.63) is 12.1 Å². The van der Waals surface area contributed by atoms with E-state index >= 15 is 0 Å². The maximum atomic E-state index is 5.81. The molecule has 0 spiro atoms. The zero-order valence-corrected chi connectivity index (χ0v) is 9.17. The van der Waals surface area contributed by atoms with E-state index in [4.69, 9.17) is 5.73 Å². The summed E-state index contributed by atoms with van der Waals surface area (Å²) in [4.78, 5) is 0. The van der Waals surface area contributed by atoms with Gasteiger partial charge in [0.15, 0.2) is 5.65 Å². The Balaban J connectivity index is 1.93. The van der Waals surface area contributed by atoms with Gasteiger partial charge in [-0.1, -0.05) is 6.92 Å². The van der Waals surface area contributed by atoms with Crippen LogP contribution in [0, 0.1) is 0 Å². The predicted octanol–water partition coefficient (Wildman–Crippen LogP) is 0.0586. The summed E-state index contributed by atoms with van der Waals surface area (Å²) in [6, 6.07) is 3.90. The maximum Gasteiger partial charge on any atom is 0.200 e. The van der Waals surface area contributed by atoms with Crippen molar-refractivity contribution < 1.29 is 0 Å². The van der Waals surface area contributed by atoms with Gasteiger partial charge in [-0.05, 0) is 35.4 Å². The van der Waals surface area contributed by atoms with Crippen molar-refractivity contribution in [3.63, 3.8) is 0 Å². The van der Waals surface area contributed by atoms with Crippen LogP contribution in [0.15, 0.2) is 12.1 Å². The zero-order chi connectivity index (χ0) is 11.4. The third-order valence-corrected chi connectivity index (χ3v) is 2.42. The van der Waals surface area contributed by atoms with Gasteiger partial charge in [-0.3, -0.25) is 0 Å². The molecule has 2 heterocycles. The molecule has 0 radical (unpaired) electrons. The summed E-state index contributed by atoms with van der Waals surface area (Å²) in [6.07, 6.45) is 1.91. The van der Waals surface area contributed by atoms with Crippen molar-refractivity contribution in [1.82, 2.24) is 25.3 Å². The Labute approximate surface area is 93.0 Å². The molecule has 0 fully saturated rings. The van der Waals surface area contributed by atoms with Gasteiger partial charge in [0.2, 0.25) is 0 Å². The van der Waals surface area contributed by atoms with Crippen molar-refractivity contribution in [3.8, 4) is 0 Å². The van der Waals surface area contributed by atoms with E-state index in [0.717, 1.165) is 25.2 Å². The van der Waals surface area contributed by atoms with Crippen molar-refractivity contribution in [2.24, 2.45) is 5.73 Å². The molecule has 2 rings (SSSR count). The molecule has 0 aromatic carbocycles. The van der Waals surface area contributed by atoms with Crippen molar-refractivity contribution >= 4 is 11.5 Å². The van der Waals surface area contributed by atoms with Crippen LogP contribution in [0.4, 0.5) is 5.82 Å². The number of nitrogens with one attached hydrogen (secondary N) is 1. The number of tetrazole rings is 1. The summed E-state index contributed by atoms with van der Waals surface area (Å²) in [7, 11) is 0. The molecule has 0 aliphatic rings. The van der Waals surface area contributed by atoms with Crippen molar-refractivity contribution in [2.75, 3.05) is 11.9 Å². The third-order valence-electron chi connectivity index (χ3n) is 2.42. The van der Waals surface area contributed by atoms with E-state index in [1.54, 1.807) is 0 Å². The highest BCUT2D eigenvalue weighted by Gasteiger charge is 2.01. The Morgan fingerprint density at radius 2 is 2.38 bits per heavy atom. The Bertz CT molecular complexity index is 452. The van der Waals surface area contributed by atoms with Crippen molar-refractivity contribution in [1.29, 1.82) is 0 Å². The smallest absolute Gasteiger partial charge is 0.200 e. The lowest BCUT2D eigenvalue weighted by atomic mass is 10.2. The minimum atomic E-state index is 0.240.